The first-order valence-electron chi connectivity index (χ1n) is 5.86. The number of unbranched alkanes of at least 4 members (excludes halogenated alkanes) is 2. The summed E-state index contributed by atoms with van der Waals surface area (Å²) in [4.78, 5) is 0. The van der Waals surface area contributed by atoms with E-state index < -0.39 is 10.0 Å². The monoisotopic (exact) mass is 269 g/mol. The summed E-state index contributed by atoms with van der Waals surface area (Å²) in [6.07, 6.45) is 4.59. The summed E-state index contributed by atoms with van der Waals surface area (Å²) in [5, 5.41) is 0. The van der Waals surface area contributed by atoms with Gasteiger partial charge in [0, 0.05) is 12.4 Å². The molecule has 1 N–H and O–H groups in total. The van der Waals surface area contributed by atoms with E-state index in [0.717, 1.165) is 12.8 Å². The molecular formula is C11H24ClNO2S. The first-order chi connectivity index (χ1) is 7.33. The van der Waals surface area contributed by atoms with E-state index in [-0.39, 0.29) is 17.0 Å². The lowest BCUT2D eigenvalue weighted by molar-refractivity contribution is 0.320. The number of sulfonamides is 1. The fourth-order valence-electron chi connectivity index (χ4n) is 1.42. The third-order valence-corrected chi connectivity index (χ3v) is 4.31. The van der Waals surface area contributed by atoms with Crippen LogP contribution in [0.3, 0.4) is 0 Å². The van der Waals surface area contributed by atoms with Crippen LogP contribution in [0.1, 0.15) is 46.5 Å². The molecule has 16 heavy (non-hydrogen) atoms. The zero-order valence-corrected chi connectivity index (χ0v) is 12.1. The van der Waals surface area contributed by atoms with Gasteiger partial charge in [0.05, 0.1) is 5.75 Å². The third kappa shape index (κ3) is 8.36. The Balaban J connectivity index is 3.97. The van der Waals surface area contributed by atoms with Gasteiger partial charge in [-0.05, 0) is 11.8 Å². The SMILES string of the molecule is CCCCCC(C)(C)CNS(=O)(=O)CCCl. The van der Waals surface area contributed by atoms with Crippen LogP contribution in [-0.2, 0) is 10.0 Å². The van der Waals surface area contributed by atoms with Gasteiger partial charge in [-0.2, -0.15) is 0 Å². The summed E-state index contributed by atoms with van der Waals surface area (Å²) in [7, 11) is -3.18. The molecule has 0 atom stereocenters. The van der Waals surface area contributed by atoms with Crippen LogP contribution in [0.2, 0.25) is 0 Å². The highest BCUT2D eigenvalue weighted by atomic mass is 35.5. The second-order valence-corrected chi connectivity index (χ2v) is 7.25. The first-order valence-corrected chi connectivity index (χ1v) is 8.05. The molecule has 0 aliphatic heterocycles. The van der Waals surface area contributed by atoms with Crippen molar-refractivity contribution >= 4 is 21.6 Å². The molecule has 0 bridgehead atoms. The maximum Gasteiger partial charge on any atom is 0.212 e. The molecule has 0 aliphatic carbocycles. The lowest BCUT2D eigenvalue weighted by Crippen LogP contribution is -2.35. The van der Waals surface area contributed by atoms with E-state index in [9.17, 15) is 8.42 Å². The Bertz CT molecular complexity index is 276. The lowest BCUT2D eigenvalue weighted by atomic mass is 9.87. The van der Waals surface area contributed by atoms with Gasteiger partial charge >= 0.3 is 0 Å². The van der Waals surface area contributed by atoms with Gasteiger partial charge in [-0.1, -0.05) is 40.0 Å². The number of rotatable bonds is 9. The molecule has 0 amide bonds. The molecule has 0 saturated carbocycles. The summed E-state index contributed by atoms with van der Waals surface area (Å²) in [6, 6.07) is 0. The summed E-state index contributed by atoms with van der Waals surface area (Å²) in [6.45, 7) is 6.84. The van der Waals surface area contributed by atoms with Crippen LogP contribution in [-0.4, -0.2) is 26.6 Å². The second kappa shape index (κ2) is 7.51. The Kier molecular flexibility index (Phi) is 7.61. The number of hydrogen-bond acceptors (Lipinski definition) is 2. The predicted molar refractivity (Wildman–Crippen MR) is 70.4 cm³/mol. The molecule has 3 nitrogen and oxygen atoms in total. The highest BCUT2D eigenvalue weighted by molar-refractivity contribution is 7.89. The Hall–Kier alpha value is 0.200. The molecule has 0 radical (unpaired) electrons. The van der Waals surface area contributed by atoms with Crippen molar-refractivity contribution in [2.24, 2.45) is 5.41 Å². The average molecular weight is 270 g/mol. The highest BCUT2D eigenvalue weighted by Crippen LogP contribution is 2.22. The molecule has 98 valence electrons. The largest absolute Gasteiger partial charge is 0.215 e. The number of halogens is 1. The number of alkyl halides is 1. The van der Waals surface area contributed by atoms with Crippen molar-refractivity contribution in [2.45, 2.75) is 46.5 Å². The molecule has 0 spiro atoms. The molecule has 0 aromatic heterocycles. The van der Waals surface area contributed by atoms with Crippen LogP contribution in [0.25, 0.3) is 0 Å². The molecule has 0 fully saturated rings. The molecular weight excluding hydrogens is 246 g/mol. The molecule has 0 saturated heterocycles. The summed E-state index contributed by atoms with van der Waals surface area (Å²) < 4.78 is 25.4. The van der Waals surface area contributed by atoms with Crippen molar-refractivity contribution in [3.63, 3.8) is 0 Å². The van der Waals surface area contributed by atoms with Crippen molar-refractivity contribution in [3.8, 4) is 0 Å². The summed E-state index contributed by atoms with van der Waals surface area (Å²) in [5.74, 6) is 0.144. The van der Waals surface area contributed by atoms with Crippen molar-refractivity contribution in [1.82, 2.24) is 4.72 Å². The van der Waals surface area contributed by atoms with E-state index in [1.807, 2.05) is 0 Å². The standard InChI is InChI=1S/C11H24ClNO2S/c1-4-5-6-7-11(2,3)10-13-16(14,15)9-8-12/h13H,4-10H2,1-3H3. The van der Waals surface area contributed by atoms with Gasteiger partial charge in [0.25, 0.3) is 0 Å². The van der Waals surface area contributed by atoms with Gasteiger partial charge < -0.3 is 0 Å². The number of hydrogen-bond donors (Lipinski definition) is 1. The fraction of sp³-hybridized carbons (Fsp3) is 1.00. The van der Waals surface area contributed by atoms with E-state index >= 15 is 0 Å². The maximum atomic E-state index is 11.4. The molecule has 0 aromatic rings. The minimum Gasteiger partial charge on any atom is -0.215 e. The second-order valence-electron chi connectivity index (χ2n) is 4.95. The summed E-state index contributed by atoms with van der Waals surface area (Å²) in [5.41, 5.74) is 0.0224. The van der Waals surface area contributed by atoms with E-state index in [2.05, 4.69) is 25.5 Å². The summed E-state index contributed by atoms with van der Waals surface area (Å²) >= 11 is 5.42. The van der Waals surface area contributed by atoms with Crippen molar-refractivity contribution in [1.29, 1.82) is 0 Å². The Morgan fingerprint density at radius 1 is 1.25 bits per heavy atom. The Morgan fingerprint density at radius 2 is 1.88 bits per heavy atom. The van der Waals surface area contributed by atoms with Gasteiger partial charge in [-0.15, -0.1) is 11.6 Å². The molecule has 5 heteroatoms. The average Bonchev–Trinajstić information content (AvgIpc) is 2.16. The molecule has 0 heterocycles. The minimum atomic E-state index is -3.18. The molecule has 0 unspecified atom stereocenters. The van der Waals surface area contributed by atoms with Crippen molar-refractivity contribution in [2.75, 3.05) is 18.2 Å². The quantitative estimate of drug-likeness (QED) is 0.517. The smallest absolute Gasteiger partial charge is 0.212 e. The van der Waals surface area contributed by atoms with E-state index in [1.165, 1.54) is 12.8 Å². The minimum absolute atomic E-state index is 0.000401. The van der Waals surface area contributed by atoms with Crippen molar-refractivity contribution < 1.29 is 8.42 Å². The van der Waals surface area contributed by atoms with Gasteiger partial charge in [-0.3, -0.25) is 0 Å². The molecule has 0 rings (SSSR count). The normalized spacial score (nSPS) is 13.0. The Labute approximate surface area is 105 Å². The predicted octanol–water partition coefficient (Wildman–Crippen LogP) is 2.75. The van der Waals surface area contributed by atoms with Crippen LogP contribution in [0, 0.1) is 5.41 Å². The molecule has 0 aliphatic rings. The van der Waals surface area contributed by atoms with Gasteiger partial charge in [0.1, 0.15) is 0 Å². The van der Waals surface area contributed by atoms with E-state index in [4.69, 9.17) is 11.6 Å². The molecule has 0 aromatic carbocycles. The van der Waals surface area contributed by atoms with E-state index in [0.29, 0.717) is 6.54 Å². The van der Waals surface area contributed by atoms with Crippen LogP contribution in [0.4, 0.5) is 0 Å². The van der Waals surface area contributed by atoms with E-state index in [1.54, 1.807) is 0 Å². The third-order valence-electron chi connectivity index (χ3n) is 2.57. The topological polar surface area (TPSA) is 46.2 Å². The van der Waals surface area contributed by atoms with Crippen LogP contribution < -0.4 is 4.72 Å². The van der Waals surface area contributed by atoms with Crippen LogP contribution >= 0.6 is 11.6 Å². The fourth-order valence-corrected chi connectivity index (χ4v) is 2.99. The zero-order chi connectivity index (χ0) is 12.7. The Morgan fingerprint density at radius 3 is 2.38 bits per heavy atom. The first kappa shape index (κ1) is 16.2. The van der Waals surface area contributed by atoms with Gasteiger partial charge in [-0.25, -0.2) is 13.1 Å². The number of nitrogens with one attached hydrogen (secondary N) is 1. The van der Waals surface area contributed by atoms with Gasteiger partial charge in [0.2, 0.25) is 10.0 Å². The lowest BCUT2D eigenvalue weighted by Gasteiger charge is -2.24. The maximum absolute atomic E-state index is 11.4. The van der Waals surface area contributed by atoms with Crippen LogP contribution in [0.5, 0.6) is 0 Å². The highest BCUT2D eigenvalue weighted by Gasteiger charge is 2.20. The zero-order valence-electron chi connectivity index (χ0n) is 10.6. The van der Waals surface area contributed by atoms with Gasteiger partial charge in [0.15, 0.2) is 0 Å². The van der Waals surface area contributed by atoms with Crippen molar-refractivity contribution in [3.05, 3.63) is 0 Å². The van der Waals surface area contributed by atoms with Crippen LogP contribution in [0.15, 0.2) is 0 Å².